The first kappa shape index (κ1) is 23.5. The molecular formula is C22H23Cl2NO6. The Morgan fingerprint density at radius 2 is 1.84 bits per heavy atom. The number of esters is 1. The summed E-state index contributed by atoms with van der Waals surface area (Å²) in [6, 6.07) is 12.0. The number of nitrogens with one attached hydrogen (secondary N) is 1. The molecule has 3 atom stereocenters. The lowest BCUT2D eigenvalue weighted by molar-refractivity contribution is -0.183. The molecule has 2 aromatic carbocycles. The lowest BCUT2D eigenvalue weighted by Gasteiger charge is -2.31. The first-order chi connectivity index (χ1) is 14.9. The van der Waals surface area contributed by atoms with Crippen molar-refractivity contribution in [2.45, 2.75) is 24.7 Å². The number of ether oxygens (including phenoxy) is 3. The number of halogens is 2. The number of cyclic esters (lactones) is 1. The van der Waals surface area contributed by atoms with E-state index in [-0.39, 0.29) is 26.2 Å². The highest BCUT2D eigenvalue weighted by molar-refractivity contribution is 6.35. The third-order valence-corrected chi connectivity index (χ3v) is 5.24. The van der Waals surface area contributed by atoms with Crippen LogP contribution in [0.5, 0.6) is 0 Å². The van der Waals surface area contributed by atoms with E-state index in [4.69, 9.17) is 37.4 Å². The fraction of sp³-hybridized carbons (Fsp3) is 0.364. The second-order valence-corrected chi connectivity index (χ2v) is 7.99. The minimum absolute atomic E-state index is 0.137. The summed E-state index contributed by atoms with van der Waals surface area (Å²) in [4.78, 5) is 24.1. The van der Waals surface area contributed by atoms with E-state index in [0.29, 0.717) is 10.0 Å². The van der Waals surface area contributed by atoms with Gasteiger partial charge in [-0.1, -0.05) is 47.5 Å². The molecule has 0 saturated carbocycles. The van der Waals surface area contributed by atoms with Crippen molar-refractivity contribution in [3.8, 4) is 11.1 Å². The van der Waals surface area contributed by atoms with Gasteiger partial charge in [-0.15, -0.1) is 0 Å². The number of benzene rings is 2. The van der Waals surface area contributed by atoms with Gasteiger partial charge in [0.2, 0.25) is 5.91 Å². The second kappa shape index (κ2) is 10.9. The lowest BCUT2D eigenvalue weighted by Crippen LogP contribution is -2.55. The third-order valence-electron chi connectivity index (χ3n) is 4.81. The smallest absolute Gasteiger partial charge is 0.338 e. The van der Waals surface area contributed by atoms with Crippen molar-refractivity contribution in [2.24, 2.45) is 0 Å². The van der Waals surface area contributed by atoms with Crippen LogP contribution in [0.15, 0.2) is 42.5 Å². The highest BCUT2D eigenvalue weighted by Gasteiger charge is 2.37. The normalized spacial score (nSPS) is 18.2. The Morgan fingerprint density at radius 3 is 2.45 bits per heavy atom. The minimum Gasteiger partial charge on any atom is -0.461 e. The van der Waals surface area contributed by atoms with Crippen molar-refractivity contribution in [3.05, 3.63) is 58.1 Å². The van der Waals surface area contributed by atoms with E-state index in [9.17, 15) is 14.7 Å². The van der Waals surface area contributed by atoms with Gasteiger partial charge in [0.15, 0.2) is 6.10 Å². The summed E-state index contributed by atoms with van der Waals surface area (Å²) in [5, 5.41) is 14.5. The number of hydrogen-bond donors (Lipinski definition) is 2. The quantitative estimate of drug-likeness (QED) is 0.579. The monoisotopic (exact) mass is 467 g/mol. The molecule has 1 amide bonds. The van der Waals surface area contributed by atoms with Crippen LogP contribution in [0.4, 0.5) is 0 Å². The van der Waals surface area contributed by atoms with Crippen LogP contribution in [-0.4, -0.2) is 62.2 Å². The first-order valence-electron chi connectivity index (χ1n) is 9.67. The standard InChI is InChI=1S/C22H23Cl2NO6/c1-29-12-19(26)25-18(20(27)21-22(28)31-7-6-30-21)8-13-2-4-14(5-3-13)15-9-16(23)11-17(24)10-15/h2-5,9-11,18,20-21,27H,6-8,12H2,1H3,(H,25,26)/t18-,20-,21?/m0/s1. The Hall–Kier alpha value is -2.16. The Morgan fingerprint density at radius 1 is 1.16 bits per heavy atom. The maximum atomic E-state index is 12.1. The molecule has 1 heterocycles. The van der Waals surface area contributed by atoms with Crippen molar-refractivity contribution < 1.29 is 28.9 Å². The number of methoxy groups -OCH3 is 1. The van der Waals surface area contributed by atoms with Crippen molar-refractivity contribution in [1.29, 1.82) is 0 Å². The molecule has 1 fully saturated rings. The van der Waals surface area contributed by atoms with E-state index >= 15 is 0 Å². The molecule has 0 radical (unpaired) electrons. The Bertz CT molecular complexity index is 900. The number of hydrogen-bond acceptors (Lipinski definition) is 6. The molecule has 2 aromatic rings. The maximum absolute atomic E-state index is 12.1. The van der Waals surface area contributed by atoms with E-state index in [1.807, 2.05) is 36.4 Å². The summed E-state index contributed by atoms with van der Waals surface area (Å²) in [6.45, 7) is 0.147. The van der Waals surface area contributed by atoms with Gasteiger partial charge in [0.25, 0.3) is 0 Å². The van der Waals surface area contributed by atoms with Gasteiger partial charge in [0.1, 0.15) is 19.3 Å². The molecule has 0 bridgehead atoms. The zero-order valence-corrected chi connectivity index (χ0v) is 18.4. The van der Waals surface area contributed by atoms with E-state index in [1.54, 1.807) is 6.07 Å². The molecule has 9 heteroatoms. The van der Waals surface area contributed by atoms with Crippen LogP contribution in [0.1, 0.15) is 5.56 Å². The predicted molar refractivity (Wildman–Crippen MR) is 116 cm³/mol. The first-order valence-corrected chi connectivity index (χ1v) is 10.4. The van der Waals surface area contributed by atoms with E-state index < -0.39 is 30.1 Å². The van der Waals surface area contributed by atoms with Crippen LogP contribution in [0.2, 0.25) is 10.0 Å². The summed E-state index contributed by atoms with van der Waals surface area (Å²) < 4.78 is 15.2. The number of amides is 1. The molecule has 1 saturated heterocycles. The van der Waals surface area contributed by atoms with Crippen LogP contribution in [0, 0.1) is 0 Å². The van der Waals surface area contributed by atoms with Crippen LogP contribution >= 0.6 is 23.2 Å². The number of carbonyl (C=O) groups is 2. The van der Waals surface area contributed by atoms with Crippen molar-refractivity contribution in [3.63, 3.8) is 0 Å². The fourth-order valence-corrected chi connectivity index (χ4v) is 3.89. The van der Waals surface area contributed by atoms with Gasteiger partial charge in [-0.2, -0.15) is 0 Å². The highest BCUT2D eigenvalue weighted by atomic mass is 35.5. The molecule has 0 aromatic heterocycles. The summed E-state index contributed by atoms with van der Waals surface area (Å²) in [6.07, 6.45) is -2.20. The van der Waals surface area contributed by atoms with Gasteiger partial charge in [0.05, 0.1) is 12.6 Å². The summed E-state index contributed by atoms with van der Waals surface area (Å²) >= 11 is 12.2. The molecule has 0 spiro atoms. The molecule has 1 aliphatic rings. The van der Waals surface area contributed by atoms with Gasteiger partial charge in [-0.25, -0.2) is 4.79 Å². The van der Waals surface area contributed by atoms with Crippen LogP contribution in [0.3, 0.4) is 0 Å². The molecule has 0 aliphatic carbocycles. The third kappa shape index (κ3) is 6.41. The van der Waals surface area contributed by atoms with Gasteiger partial charge in [-0.3, -0.25) is 4.79 Å². The Balaban J connectivity index is 1.77. The number of aliphatic hydroxyl groups is 1. The molecule has 2 N–H and O–H groups in total. The van der Waals surface area contributed by atoms with Crippen molar-refractivity contribution >= 4 is 35.1 Å². The summed E-state index contributed by atoms with van der Waals surface area (Å²) in [5.41, 5.74) is 2.61. The fourth-order valence-electron chi connectivity index (χ4n) is 3.36. The maximum Gasteiger partial charge on any atom is 0.338 e. The Labute approximate surface area is 190 Å². The van der Waals surface area contributed by atoms with E-state index in [1.165, 1.54) is 7.11 Å². The zero-order chi connectivity index (χ0) is 22.4. The zero-order valence-electron chi connectivity index (χ0n) is 16.8. The van der Waals surface area contributed by atoms with Gasteiger partial charge in [-0.05, 0) is 41.3 Å². The number of carbonyl (C=O) groups excluding carboxylic acids is 2. The average molecular weight is 468 g/mol. The van der Waals surface area contributed by atoms with Crippen LogP contribution in [0.25, 0.3) is 11.1 Å². The highest BCUT2D eigenvalue weighted by Crippen LogP contribution is 2.27. The molecular weight excluding hydrogens is 445 g/mol. The summed E-state index contributed by atoms with van der Waals surface area (Å²) in [7, 11) is 1.40. The van der Waals surface area contributed by atoms with Crippen molar-refractivity contribution in [2.75, 3.05) is 26.9 Å². The van der Waals surface area contributed by atoms with Crippen LogP contribution in [-0.2, 0) is 30.2 Å². The molecule has 31 heavy (non-hydrogen) atoms. The summed E-state index contributed by atoms with van der Waals surface area (Å²) in [5.74, 6) is -1.07. The largest absolute Gasteiger partial charge is 0.461 e. The van der Waals surface area contributed by atoms with Gasteiger partial charge < -0.3 is 24.6 Å². The topological polar surface area (TPSA) is 94.1 Å². The van der Waals surface area contributed by atoms with E-state index in [2.05, 4.69) is 5.32 Å². The second-order valence-electron chi connectivity index (χ2n) is 7.12. The Kier molecular flexibility index (Phi) is 8.28. The van der Waals surface area contributed by atoms with E-state index in [0.717, 1.165) is 16.7 Å². The minimum atomic E-state index is -1.29. The van der Waals surface area contributed by atoms with Gasteiger partial charge in [0, 0.05) is 17.2 Å². The number of aliphatic hydroxyl groups excluding tert-OH is 1. The van der Waals surface area contributed by atoms with Gasteiger partial charge >= 0.3 is 5.97 Å². The molecule has 1 unspecified atom stereocenters. The van der Waals surface area contributed by atoms with Crippen LogP contribution < -0.4 is 5.32 Å². The lowest BCUT2D eigenvalue weighted by atomic mass is 9.95. The number of rotatable bonds is 8. The average Bonchev–Trinajstić information content (AvgIpc) is 2.73. The SMILES string of the molecule is COCC(=O)N[C@@H](Cc1ccc(-c2cc(Cl)cc(Cl)c2)cc1)[C@H](O)C1OCCOC1=O. The van der Waals surface area contributed by atoms with Crippen molar-refractivity contribution in [1.82, 2.24) is 5.32 Å². The predicted octanol–water partition coefficient (Wildman–Crippen LogP) is 2.64. The molecule has 166 valence electrons. The molecule has 3 rings (SSSR count). The molecule has 1 aliphatic heterocycles. The molecule has 7 nitrogen and oxygen atoms in total.